The van der Waals surface area contributed by atoms with Crippen molar-refractivity contribution in [1.82, 2.24) is 19.8 Å². The van der Waals surface area contributed by atoms with Crippen molar-refractivity contribution in [1.29, 1.82) is 0 Å². The summed E-state index contributed by atoms with van der Waals surface area (Å²) in [5, 5.41) is 3.60. The number of hydrogen-bond donors (Lipinski definition) is 1. The highest BCUT2D eigenvalue weighted by Gasteiger charge is 2.17. The fourth-order valence-electron chi connectivity index (χ4n) is 2.52. The van der Waals surface area contributed by atoms with Crippen LogP contribution in [0.25, 0.3) is 0 Å². The first kappa shape index (κ1) is 13.5. The Morgan fingerprint density at radius 2 is 2.11 bits per heavy atom. The van der Waals surface area contributed by atoms with Gasteiger partial charge in [-0.2, -0.15) is 0 Å². The van der Waals surface area contributed by atoms with Crippen LogP contribution in [0.2, 0.25) is 0 Å². The second-order valence-corrected chi connectivity index (χ2v) is 5.10. The molecule has 2 rings (SSSR count). The van der Waals surface area contributed by atoms with Gasteiger partial charge in [0, 0.05) is 45.1 Å². The van der Waals surface area contributed by atoms with Crippen LogP contribution in [0.4, 0.5) is 0 Å². The highest BCUT2D eigenvalue weighted by molar-refractivity contribution is 4.97. The van der Waals surface area contributed by atoms with E-state index in [0.29, 0.717) is 6.04 Å². The Kier molecular flexibility index (Phi) is 4.74. The lowest BCUT2D eigenvalue weighted by molar-refractivity contribution is 0.0339. The summed E-state index contributed by atoms with van der Waals surface area (Å²) in [6.07, 6.45) is 3.83. The predicted octanol–water partition coefficient (Wildman–Crippen LogP) is 0.791. The van der Waals surface area contributed by atoms with Crippen LogP contribution in [0.1, 0.15) is 25.7 Å². The van der Waals surface area contributed by atoms with E-state index in [1.807, 2.05) is 19.4 Å². The van der Waals surface area contributed by atoms with E-state index in [9.17, 15) is 0 Å². The molecular formula is C13H24N4O. The van der Waals surface area contributed by atoms with E-state index in [0.717, 1.165) is 38.7 Å². The lowest BCUT2D eigenvalue weighted by atomic mass is 10.2. The number of imidazole rings is 1. The standard InChI is InChI=1S/C13H24N4O/c1-11(10-17-6-8-18-9-7-17)15-12(2)13-14-4-5-16(13)3/h4-5,11-12,15H,6-10H2,1-3H3. The van der Waals surface area contributed by atoms with E-state index < -0.39 is 0 Å². The number of rotatable bonds is 5. The van der Waals surface area contributed by atoms with Crippen LogP contribution in [0, 0.1) is 0 Å². The van der Waals surface area contributed by atoms with Crippen LogP contribution >= 0.6 is 0 Å². The Morgan fingerprint density at radius 1 is 1.39 bits per heavy atom. The molecule has 0 saturated carbocycles. The van der Waals surface area contributed by atoms with Crippen molar-refractivity contribution in [3.05, 3.63) is 18.2 Å². The van der Waals surface area contributed by atoms with Gasteiger partial charge in [-0.25, -0.2) is 4.98 Å². The van der Waals surface area contributed by atoms with Gasteiger partial charge in [-0.1, -0.05) is 0 Å². The van der Waals surface area contributed by atoms with Crippen molar-refractivity contribution in [3.8, 4) is 0 Å². The highest BCUT2D eigenvalue weighted by Crippen LogP contribution is 2.10. The summed E-state index contributed by atoms with van der Waals surface area (Å²) < 4.78 is 7.43. The Labute approximate surface area is 109 Å². The molecule has 18 heavy (non-hydrogen) atoms. The van der Waals surface area contributed by atoms with Crippen LogP contribution in [0.3, 0.4) is 0 Å². The molecule has 1 aliphatic heterocycles. The summed E-state index contributed by atoms with van der Waals surface area (Å²) in [5.41, 5.74) is 0. The van der Waals surface area contributed by atoms with E-state index in [2.05, 4.69) is 33.6 Å². The summed E-state index contributed by atoms with van der Waals surface area (Å²) in [7, 11) is 2.03. The summed E-state index contributed by atoms with van der Waals surface area (Å²) >= 11 is 0. The molecule has 2 heterocycles. The van der Waals surface area contributed by atoms with Crippen LogP contribution in [0.5, 0.6) is 0 Å². The topological polar surface area (TPSA) is 42.3 Å². The first-order valence-corrected chi connectivity index (χ1v) is 6.70. The smallest absolute Gasteiger partial charge is 0.125 e. The molecule has 0 bridgehead atoms. The molecule has 1 aliphatic rings. The number of ether oxygens (including phenoxy) is 1. The summed E-state index contributed by atoms with van der Waals surface area (Å²) in [5.74, 6) is 1.09. The highest BCUT2D eigenvalue weighted by atomic mass is 16.5. The van der Waals surface area contributed by atoms with E-state index in [4.69, 9.17) is 4.74 Å². The zero-order valence-electron chi connectivity index (χ0n) is 11.6. The average molecular weight is 252 g/mol. The minimum Gasteiger partial charge on any atom is -0.379 e. The van der Waals surface area contributed by atoms with Crippen molar-refractivity contribution < 1.29 is 4.74 Å². The quantitative estimate of drug-likeness (QED) is 0.841. The van der Waals surface area contributed by atoms with Gasteiger partial charge in [0.15, 0.2) is 0 Å². The Balaban J connectivity index is 1.79. The average Bonchev–Trinajstić information content (AvgIpc) is 2.76. The van der Waals surface area contributed by atoms with Gasteiger partial charge in [0.2, 0.25) is 0 Å². The fourth-order valence-corrected chi connectivity index (χ4v) is 2.52. The second kappa shape index (κ2) is 6.31. The molecule has 2 atom stereocenters. The van der Waals surface area contributed by atoms with Crippen molar-refractivity contribution in [3.63, 3.8) is 0 Å². The predicted molar refractivity (Wildman–Crippen MR) is 71.5 cm³/mol. The lowest BCUT2D eigenvalue weighted by Crippen LogP contribution is -2.45. The largest absolute Gasteiger partial charge is 0.379 e. The molecule has 1 fully saturated rings. The maximum atomic E-state index is 5.36. The molecule has 1 saturated heterocycles. The van der Waals surface area contributed by atoms with E-state index in [-0.39, 0.29) is 6.04 Å². The third kappa shape index (κ3) is 3.54. The summed E-state index contributed by atoms with van der Waals surface area (Å²) in [6.45, 7) is 9.28. The van der Waals surface area contributed by atoms with E-state index in [1.165, 1.54) is 0 Å². The van der Waals surface area contributed by atoms with Crippen molar-refractivity contribution >= 4 is 0 Å². The summed E-state index contributed by atoms with van der Waals surface area (Å²) in [4.78, 5) is 6.83. The minimum absolute atomic E-state index is 0.279. The van der Waals surface area contributed by atoms with Crippen LogP contribution in [-0.4, -0.2) is 53.3 Å². The maximum absolute atomic E-state index is 5.36. The molecule has 0 amide bonds. The van der Waals surface area contributed by atoms with Gasteiger partial charge in [0.1, 0.15) is 5.82 Å². The van der Waals surface area contributed by atoms with E-state index >= 15 is 0 Å². The molecular weight excluding hydrogens is 228 g/mol. The van der Waals surface area contributed by atoms with Crippen molar-refractivity contribution in [2.75, 3.05) is 32.8 Å². The van der Waals surface area contributed by atoms with Crippen LogP contribution in [-0.2, 0) is 11.8 Å². The maximum Gasteiger partial charge on any atom is 0.125 e. The molecule has 2 unspecified atom stereocenters. The van der Waals surface area contributed by atoms with Crippen LogP contribution < -0.4 is 5.32 Å². The fraction of sp³-hybridized carbons (Fsp3) is 0.769. The van der Waals surface area contributed by atoms with Crippen LogP contribution in [0.15, 0.2) is 12.4 Å². The molecule has 1 N–H and O–H groups in total. The van der Waals surface area contributed by atoms with Gasteiger partial charge in [0.05, 0.1) is 19.3 Å². The Morgan fingerprint density at radius 3 is 2.72 bits per heavy atom. The van der Waals surface area contributed by atoms with Crippen molar-refractivity contribution in [2.45, 2.75) is 25.9 Å². The van der Waals surface area contributed by atoms with E-state index in [1.54, 1.807) is 0 Å². The molecule has 0 aliphatic carbocycles. The third-order valence-corrected chi connectivity index (χ3v) is 3.42. The monoisotopic (exact) mass is 252 g/mol. The van der Waals surface area contributed by atoms with Gasteiger partial charge in [-0.3, -0.25) is 4.90 Å². The lowest BCUT2D eigenvalue weighted by Gasteiger charge is -2.30. The van der Waals surface area contributed by atoms with Crippen molar-refractivity contribution in [2.24, 2.45) is 7.05 Å². The Bertz CT molecular complexity index is 360. The number of nitrogens with one attached hydrogen (secondary N) is 1. The molecule has 102 valence electrons. The second-order valence-electron chi connectivity index (χ2n) is 5.10. The molecule has 5 heteroatoms. The van der Waals surface area contributed by atoms with Gasteiger partial charge in [-0.05, 0) is 13.8 Å². The minimum atomic E-state index is 0.279. The zero-order chi connectivity index (χ0) is 13.0. The molecule has 1 aromatic heterocycles. The number of nitrogens with zero attached hydrogens (tertiary/aromatic N) is 3. The van der Waals surface area contributed by atoms with Gasteiger partial charge in [-0.15, -0.1) is 0 Å². The van der Waals surface area contributed by atoms with Gasteiger partial charge < -0.3 is 14.6 Å². The first-order chi connectivity index (χ1) is 8.66. The molecule has 0 spiro atoms. The first-order valence-electron chi connectivity index (χ1n) is 6.70. The number of aryl methyl sites for hydroxylation is 1. The normalized spacial score (nSPS) is 20.8. The van der Waals surface area contributed by atoms with Gasteiger partial charge >= 0.3 is 0 Å². The molecule has 0 aromatic carbocycles. The molecule has 1 aromatic rings. The van der Waals surface area contributed by atoms with Gasteiger partial charge in [0.25, 0.3) is 0 Å². The number of morpholine rings is 1. The molecule has 5 nitrogen and oxygen atoms in total. The zero-order valence-corrected chi connectivity index (χ0v) is 11.6. The third-order valence-electron chi connectivity index (χ3n) is 3.42. The molecule has 0 radical (unpaired) electrons. The Hall–Kier alpha value is -0.910. The number of aromatic nitrogens is 2. The summed E-state index contributed by atoms with van der Waals surface area (Å²) in [6, 6.07) is 0.732. The number of hydrogen-bond acceptors (Lipinski definition) is 4. The SMILES string of the molecule is CC(CN1CCOCC1)NC(C)c1nccn1C.